The highest BCUT2D eigenvalue weighted by molar-refractivity contribution is 7.73. The second-order valence-electron chi connectivity index (χ2n) is 1.65. The molecule has 0 aliphatic rings. The number of rotatable bonds is 1. The van der Waals surface area contributed by atoms with Gasteiger partial charge in [0, 0.05) is 10.9 Å². The zero-order valence-corrected chi connectivity index (χ0v) is 6.59. The van der Waals surface area contributed by atoms with E-state index in [1.54, 1.807) is 0 Å². The van der Waals surface area contributed by atoms with Gasteiger partial charge in [-0.2, -0.15) is 0 Å². The molecule has 0 spiro atoms. The maximum Gasteiger partial charge on any atom is 0.250 e. The molecule has 0 bridgehead atoms. The van der Waals surface area contributed by atoms with Crippen LogP contribution in [0.3, 0.4) is 0 Å². The number of aromatic nitrogens is 1. The molecule has 1 rings (SSSR count). The van der Waals surface area contributed by atoms with Crippen molar-refractivity contribution >= 4 is 23.6 Å². The van der Waals surface area contributed by atoms with E-state index in [-0.39, 0.29) is 12.2 Å². The van der Waals surface area contributed by atoms with Gasteiger partial charge in [-0.25, -0.2) is 0 Å². The van der Waals surface area contributed by atoms with Gasteiger partial charge in [0.1, 0.15) is 0 Å². The number of H-pyrrole nitrogens is 1. The van der Waals surface area contributed by atoms with Gasteiger partial charge in [0.2, 0.25) is 0 Å². The van der Waals surface area contributed by atoms with Crippen LogP contribution in [0.2, 0.25) is 0 Å². The first-order chi connectivity index (χ1) is 4.72. The summed E-state index contributed by atoms with van der Waals surface area (Å²) in [5, 5.41) is 8.60. The Balaban J connectivity index is 3.33. The van der Waals surface area contributed by atoms with Gasteiger partial charge in [0.15, 0.2) is 3.95 Å². The third-order valence-corrected chi connectivity index (χ3v) is 2.05. The second kappa shape index (κ2) is 3.05. The number of aliphatic hydroxyl groups excluding tert-OH is 1. The molecule has 0 fully saturated rings. The molecule has 0 aromatic carbocycles. The minimum atomic E-state index is -0.257. The molecular formula is C5H5NO2S2. The topological polar surface area (TPSA) is 53.1 Å². The van der Waals surface area contributed by atoms with Crippen molar-refractivity contribution in [1.29, 1.82) is 0 Å². The zero-order valence-electron chi connectivity index (χ0n) is 4.96. The maximum absolute atomic E-state index is 10.6. The number of aromatic amines is 1. The van der Waals surface area contributed by atoms with E-state index in [9.17, 15) is 4.79 Å². The smallest absolute Gasteiger partial charge is 0.250 e. The summed E-state index contributed by atoms with van der Waals surface area (Å²) in [6.45, 7) is -0.127. The first-order valence-corrected chi connectivity index (χ1v) is 3.79. The molecular weight excluding hydrogens is 170 g/mol. The van der Waals surface area contributed by atoms with Gasteiger partial charge in [0.25, 0.3) is 5.56 Å². The van der Waals surface area contributed by atoms with E-state index < -0.39 is 0 Å². The van der Waals surface area contributed by atoms with E-state index in [1.165, 1.54) is 17.4 Å². The van der Waals surface area contributed by atoms with Crippen LogP contribution in [0, 0.1) is 3.95 Å². The highest BCUT2D eigenvalue weighted by atomic mass is 32.1. The first kappa shape index (κ1) is 7.59. The number of nitrogens with one attached hydrogen (secondary N) is 1. The highest BCUT2D eigenvalue weighted by Gasteiger charge is 1.91. The zero-order chi connectivity index (χ0) is 7.56. The first-order valence-electron chi connectivity index (χ1n) is 2.56. The predicted octanol–water partition coefficient (Wildman–Crippen LogP) is 0.658. The van der Waals surface area contributed by atoms with Gasteiger partial charge in [-0.1, -0.05) is 0 Å². The van der Waals surface area contributed by atoms with E-state index >= 15 is 0 Å². The van der Waals surface area contributed by atoms with Crippen LogP contribution < -0.4 is 5.56 Å². The van der Waals surface area contributed by atoms with Gasteiger partial charge in [-0.3, -0.25) is 4.79 Å². The molecule has 0 aliphatic carbocycles. The molecule has 10 heavy (non-hydrogen) atoms. The second-order valence-corrected chi connectivity index (χ2v) is 3.45. The summed E-state index contributed by atoms with van der Waals surface area (Å²) in [7, 11) is 0. The van der Waals surface area contributed by atoms with Gasteiger partial charge in [-0.05, 0) is 12.2 Å². The number of hydrogen-bond donors (Lipinski definition) is 2. The van der Waals surface area contributed by atoms with Crippen molar-refractivity contribution in [2.24, 2.45) is 0 Å². The Morgan fingerprint density at radius 3 is 3.00 bits per heavy atom. The van der Waals surface area contributed by atoms with Crippen molar-refractivity contribution in [2.75, 3.05) is 0 Å². The molecule has 3 nitrogen and oxygen atoms in total. The van der Waals surface area contributed by atoms with E-state index in [1.807, 2.05) is 0 Å². The normalized spacial score (nSPS) is 9.70. The summed E-state index contributed by atoms with van der Waals surface area (Å²) in [5.74, 6) is 0. The lowest BCUT2D eigenvalue weighted by Crippen LogP contribution is -2.03. The molecule has 0 radical (unpaired) electrons. The Morgan fingerprint density at radius 1 is 1.80 bits per heavy atom. The van der Waals surface area contributed by atoms with Crippen LogP contribution in [0.4, 0.5) is 0 Å². The lowest BCUT2D eigenvalue weighted by atomic mass is 10.5. The third-order valence-electron chi connectivity index (χ3n) is 0.897. The average molecular weight is 175 g/mol. The monoisotopic (exact) mass is 175 g/mol. The van der Waals surface area contributed by atoms with E-state index in [2.05, 4.69) is 4.98 Å². The van der Waals surface area contributed by atoms with Crippen LogP contribution >= 0.6 is 23.6 Å². The molecule has 0 saturated carbocycles. The van der Waals surface area contributed by atoms with Crippen molar-refractivity contribution in [1.82, 2.24) is 4.98 Å². The standard InChI is InChI=1S/C5H5NO2S2/c7-2-3-1-4(8)6-5(9)10-3/h1,7H,2H2,(H,6,8,9). The SMILES string of the molecule is O=c1cc(CO)sc(=S)[nH]1. The molecule has 1 heterocycles. The summed E-state index contributed by atoms with van der Waals surface area (Å²) in [6.07, 6.45) is 0. The van der Waals surface area contributed by atoms with Crippen LogP contribution in [-0.2, 0) is 6.61 Å². The minimum absolute atomic E-state index is 0.127. The van der Waals surface area contributed by atoms with Crippen molar-refractivity contribution in [3.8, 4) is 0 Å². The van der Waals surface area contributed by atoms with Gasteiger partial charge < -0.3 is 10.1 Å². The summed E-state index contributed by atoms with van der Waals surface area (Å²) in [6, 6.07) is 1.33. The van der Waals surface area contributed by atoms with E-state index in [0.717, 1.165) is 0 Å². The third kappa shape index (κ3) is 1.73. The molecule has 5 heteroatoms. The van der Waals surface area contributed by atoms with Gasteiger partial charge >= 0.3 is 0 Å². The molecule has 1 aromatic heterocycles. The fourth-order valence-electron chi connectivity index (χ4n) is 0.535. The Labute approximate surface area is 66.0 Å². The summed E-state index contributed by atoms with van der Waals surface area (Å²) in [5.41, 5.74) is -0.257. The summed E-state index contributed by atoms with van der Waals surface area (Å²) < 4.78 is 0.400. The van der Waals surface area contributed by atoms with Crippen LogP contribution in [-0.4, -0.2) is 10.1 Å². The largest absolute Gasteiger partial charge is 0.391 e. The lowest BCUT2D eigenvalue weighted by molar-refractivity contribution is 0.285. The van der Waals surface area contributed by atoms with Crippen molar-refractivity contribution in [2.45, 2.75) is 6.61 Å². The minimum Gasteiger partial charge on any atom is -0.391 e. The summed E-state index contributed by atoms with van der Waals surface area (Å²) in [4.78, 5) is 13.6. The van der Waals surface area contributed by atoms with E-state index in [4.69, 9.17) is 17.3 Å². The predicted molar refractivity (Wildman–Crippen MR) is 41.7 cm³/mol. The Morgan fingerprint density at radius 2 is 2.50 bits per heavy atom. The van der Waals surface area contributed by atoms with Crippen molar-refractivity contribution < 1.29 is 5.11 Å². The van der Waals surface area contributed by atoms with Crippen LogP contribution in [0.15, 0.2) is 10.9 Å². The molecule has 0 aliphatic heterocycles. The maximum atomic E-state index is 10.6. The molecule has 0 amide bonds. The lowest BCUT2D eigenvalue weighted by Gasteiger charge is -1.89. The Hall–Kier alpha value is -0.520. The molecule has 2 N–H and O–H groups in total. The fourth-order valence-corrected chi connectivity index (χ4v) is 1.58. The molecule has 1 aromatic rings. The Bertz CT molecular complexity index is 299. The van der Waals surface area contributed by atoms with Crippen LogP contribution in [0.5, 0.6) is 0 Å². The van der Waals surface area contributed by atoms with Crippen LogP contribution in [0.25, 0.3) is 0 Å². The molecule has 0 saturated heterocycles. The fraction of sp³-hybridized carbons (Fsp3) is 0.200. The Kier molecular flexibility index (Phi) is 2.31. The van der Waals surface area contributed by atoms with Gasteiger partial charge in [0.05, 0.1) is 6.61 Å². The van der Waals surface area contributed by atoms with Crippen molar-refractivity contribution in [3.63, 3.8) is 0 Å². The van der Waals surface area contributed by atoms with Crippen molar-refractivity contribution in [3.05, 3.63) is 25.3 Å². The quantitative estimate of drug-likeness (QED) is 0.616. The molecule has 0 atom stereocenters. The number of aliphatic hydroxyl groups is 1. The molecule has 0 unspecified atom stereocenters. The van der Waals surface area contributed by atoms with E-state index in [0.29, 0.717) is 8.83 Å². The average Bonchev–Trinajstić information content (AvgIpc) is 1.85. The highest BCUT2D eigenvalue weighted by Crippen LogP contribution is 2.02. The van der Waals surface area contributed by atoms with Crippen LogP contribution in [0.1, 0.15) is 4.88 Å². The molecule has 54 valence electrons. The van der Waals surface area contributed by atoms with Gasteiger partial charge in [-0.15, -0.1) is 11.3 Å². The summed E-state index contributed by atoms with van der Waals surface area (Å²) >= 11 is 5.91. The number of hydrogen-bond acceptors (Lipinski definition) is 4.